The molecule has 0 heterocycles. The Morgan fingerprint density at radius 3 is 2.26 bits per heavy atom. The lowest BCUT2D eigenvalue weighted by Gasteiger charge is -2.31. The number of hydrogen-bond acceptors (Lipinski definition) is 2. The third-order valence-corrected chi connectivity index (χ3v) is 9.00. The Labute approximate surface area is 243 Å². The van der Waals surface area contributed by atoms with Crippen LogP contribution in [0.1, 0.15) is 151 Å². The summed E-state index contributed by atoms with van der Waals surface area (Å²) in [5.41, 5.74) is 4.38. The van der Waals surface area contributed by atoms with Crippen LogP contribution in [-0.4, -0.2) is 23.8 Å². The van der Waals surface area contributed by atoms with Crippen molar-refractivity contribution in [1.82, 2.24) is 0 Å². The monoisotopic (exact) mass is 544 g/mol. The van der Waals surface area contributed by atoms with E-state index >= 15 is 0 Å². The first-order chi connectivity index (χ1) is 18.6. The van der Waals surface area contributed by atoms with E-state index in [9.17, 15) is 4.79 Å². The van der Waals surface area contributed by atoms with Crippen LogP contribution in [0.15, 0.2) is 34.9 Å². The maximum absolute atomic E-state index is 10.9. The average Bonchev–Trinajstić information content (AvgIpc) is 2.89. The lowest BCUT2D eigenvalue weighted by atomic mass is 9.83. The zero-order valence-electron chi connectivity index (χ0n) is 26.9. The highest BCUT2D eigenvalue weighted by atomic mass is 16.5. The van der Waals surface area contributed by atoms with Gasteiger partial charge in [0.2, 0.25) is 0 Å². The molecule has 0 aliphatic heterocycles. The quantitative estimate of drug-likeness (QED) is 0.103. The summed E-state index contributed by atoms with van der Waals surface area (Å²) in [4.78, 5) is 10.9. The van der Waals surface area contributed by atoms with E-state index in [2.05, 4.69) is 59.8 Å². The molecule has 226 valence electrons. The number of rotatable bonds is 23. The summed E-state index contributed by atoms with van der Waals surface area (Å²) < 4.78 is 6.49. The van der Waals surface area contributed by atoms with E-state index < -0.39 is 5.97 Å². The van der Waals surface area contributed by atoms with Gasteiger partial charge in [0.15, 0.2) is 0 Å². The number of carboxylic acid groups (broad SMARTS) is 1. The van der Waals surface area contributed by atoms with Crippen molar-refractivity contribution in [2.45, 2.75) is 157 Å². The average molecular weight is 545 g/mol. The molecule has 0 saturated carbocycles. The van der Waals surface area contributed by atoms with Crippen molar-refractivity contribution in [3.05, 3.63) is 34.9 Å². The lowest BCUT2D eigenvalue weighted by molar-refractivity contribution is -0.141. The van der Waals surface area contributed by atoms with Crippen LogP contribution in [0.5, 0.6) is 0 Å². The van der Waals surface area contributed by atoms with E-state index in [4.69, 9.17) is 9.84 Å². The Morgan fingerprint density at radius 2 is 1.56 bits per heavy atom. The number of allylic oxidation sites excluding steroid dienone is 4. The van der Waals surface area contributed by atoms with E-state index in [1.807, 2.05) is 0 Å². The first-order valence-corrected chi connectivity index (χ1v) is 16.5. The normalized spacial score (nSPS) is 20.3. The molecule has 0 saturated heterocycles. The Morgan fingerprint density at radius 1 is 0.923 bits per heavy atom. The summed E-state index contributed by atoms with van der Waals surface area (Å²) in [6.45, 7) is 16.6. The van der Waals surface area contributed by atoms with Crippen molar-refractivity contribution in [2.24, 2.45) is 23.7 Å². The molecule has 0 aromatic rings. The minimum absolute atomic E-state index is 0.245. The topological polar surface area (TPSA) is 46.5 Å². The Bertz CT molecular complexity index is 746. The van der Waals surface area contributed by atoms with Crippen molar-refractivity contribution in [2.75, 3.05) is 6.61 Å². The van der Waals surface area contributed by atoms with E-state index in [0.717, 1.165) is 37.7 Å². The van der Waals surface area contributed by atoms with Gasteiger partial charge in [-0.2, -0.15) is 0 Å². The summed E-state index contributed by atoms with van der Waals surface area (Å²) in [6, 6.07) is 0. The number of hydrogen-bond donors (Lipinski definition) is 1. The molecule has 5 atom stereocenters. The standard InChI is InChI=1S/C36H64O3/c1-8-9-10-11-12-13-27-39-35-33(7)31(5)24-26-34(35)25-23-30(4)20-15-19-28(2)17-14-18-29(3)21-16-22-32(6)36(37)38/h21,24,26,28,30,32-33,35H,8-20,22-23,25,27H2,1-7H3,(H,37,38)/b29-21+. The smallest absolute Gasteiger partial charge is 0.306 e. The summed E-state index contributed by atoms with van der Waals surface area (Å²) >= 11 is 0. The van der Waals surface area contributed by atoms with Crippen molar-refractivity contribution in [1.29, 1.82) is 0 Å². The van der Waals surface area contributed by atoms with Crippen LogP contribution < -0.4 is 0 Å². The molecule has 0 aromatic heterocycles. The molecule has 0 bridgehead atoms. The predicted molar refractivity (Wildman–Crippen MR) is 169 cm³/mol. The second-order valence-corrected chi connectivity index (χ2v) is 12.9. The molecule has 1 aliphatic rings. The fourth-order valence-electron chi connectivity index (χ4n) is 5.67. The van der Waals surface area contributed by atoms with Gasteiger partial charge in [-0.3, -0.25) is 4.79 Å². The molecule has 1 N–H and O–H groups in total. The van der Waals surface area contributed by atoms with Gasteiger partial charge < -0.3 is 9.84 Å². The molecule has 3 nitrogen and oxygen atoms in total. The van der Waals surface area contributed by atoms with Crippen LogP contribution in [0.2, 0.25) is 0 Å². The molecule has 0 aromatic carbocycles. The molecule has 1 rings (SSSR count). The van der Waals surface area contributed by atoms with E-state index in [-0.39, 0.29) is 12.0 Å². The highest BCUT2D eigenvalue weighted by Crippen LogP contribution is 2.32. The Balaban J connectivity index is 2.26. The third-order valence-electron chi connectivity index (χ3n) is 9.00. The van der Waals surface area contributed by atoms with Gasteiger partial charge in [0.25, 0.3) is 0 Å². The van der Waals surface area contributed by atoms with Gasteiger partial charge in [-0.1, -0.05) is 122 Å². The zero-order valence-corrected chi connectivity index (χ0v) is 26.9. The molecule has 0 fully saturated rings. The number of ether oxygens (including phenoxy) is 1. The van der Waals surface area contributed by atoms with Gasteiger partial charge in [0.1, 0.15) is 0 Å². The summed E-state index contributed by atoms with van der Waals surface area (Å²) in [5.74, 6) is 1.11. The molecule has 39 heavy (non-hydrogen) atoms. The predicted octanol–water partition coefficient (Wildman–Crippen LogP) is 11.1. The first-order valence-electron chi connectivity index (χ1n) is 16.5. The fourth-order valence-corrected chi connectivity index (χ4v) is 5.67. The molecule has 5 unspecified atom stereocenters. The summed E-state index contributed by atoms with van der Waals surface area (Å²) in [5, 5.41) is 9.01. The Hall–Kier alpha value is -1.35. The van der Waals surface area contributed by atoms with Crippen molar-refractivity contribution < 1.29 is 14.6 Å². The van der Waals surface area contributed by atoms with Gasteiger partial charge in [0, 0.05) is 12.5 Å². The number of carbonyl (C=O) groups is 1. The second kappa shape index (κ2) is 21.4. The van der Waals surface area contributed by atoms with Crippen LogP contribution in [0.25, 0.3) is 0 Å². The molecule has 0 amide bonds. The SMILES string of the molecule is CCCCCCCCOC1C(CCC(C)CCCC(C)CCC/C(C)=C/CCC(C)C(=O)O)=CC=C(C)C1C. The van der Waals surface area contributed by atoms with Crippen molar-refractivity contribution in [3.8, 4) is 0 Å². The molecule has 0 radical (unpaired) electrons. The zero-order chi connectivity index (χ0) is 29.0. The molecular weight excluding hydrogens is 480 g/mol. The molecule has 1 aliphatic carbocycles. The van der Waals surface area contributed by atoms with Crippen LogP contribution in [0, 0.1) is 23.7 Å². The van der Waals surface area contributed by atoms with Gasteiger partial charge in [-0.05, 0) is 76.2 Å². The second-order valence-electron chi connectivity index (χ2n) is 12.9. The maximum atomic E-state index is 10.9. The minimum atomic E-state index is -0.686. The summed E-state index contributed by atoms with van der Waals surface area (Å²) in [7, 11) is 0. The maximum Gasteiger partial charge on any atom is 0.306 e. The van der Waals surface area contributed by atoms with E-state index in [1.165, 1.54) is 100 Å². The lowest BCUT2D eigenvalue weighted by Crippen LogP contribution is -2.28. The van der Waals surface area contributed by atoms with Crippen LogP contribution >= 0.6 is 0 Å². The number of aliphatic carboxylic acids is 1. The Kier molecular flexibility index (Phi) is 19.6. The van der Waals surface area contributed by atoms with Gasteiger partial charge in [0.05, 0.1) is 12.0 Å². The van der Waals surface area contributed by atoms with Crippen molar-refractivity contribution in [3.63, 3.8) is 0 Å². The van der Waals surface area contributed by atoms with Gasteiger partial charge in [-0.15, -0.1) is 0 Å². The molecular formula is C36H64O3. The number of unbranched alkanes of at least 4 members (excludes halogenated alkanes) is 5. The van der Waals surface area contributed by atoms with Gasteiger partial charge >= 0.3 is 5.97 Å². The summed E-state index contributed by atoms with van der Waals surface area (Å²) in [6.07, 6.45) is 26.8. The molecule has 0 spiro atoms. The van der Waals surface area contributed by atoms with Crippen LogP contribution in [-0.2, 0) is 9.53 Å². The minimum Gasteiger partial charge on any atom is -0.481 e. The highest BCUT2D eigenvalue weighted by Gasteiger charge is 2.26. The first kappa shape index (κ1) is 35.7. The van der Waals surface area contributed by atoms with E-state index in [0.29, 0.717) is 5.92 Å². The largest absolute Gasteiger partial charge is 0.481 e. The van der Waals surface area contributed by atoms with Crippen LogP contribution in [0.3, 0.4) is 0 Å². The van der Waals surface area contributed by atoms with Crippen molar-refractivity contribution >= 4 is 5.97 Å². The number of carboxylic acids is 1. The van der Waals surface area contributed by atoms with Crippen LogP contribution in [0.4, 0.5) is 0 Å². The fraction of sp³-hybridized carbons (Fsp3) is 0.806. The van der Waals surface area contributed by atoms with Gasteiger partial charge in [-0.25, -0.2) is 0 Å². The third kappa shape index (κ3) is 16.5. The highest BCUT2D eigenvalue weighted by molar-refractivity contribution is 5.69. The van der Waals surface area contributed by atoms with E-state index in [1.54, 1.807) is 6.92 Å². The molecule has 3 heteroatoms.